The lowest BCUT2D eigenvalue weighted by atomic mass is 10.1. The molecule has 0 aromatic rings. The van der Waals surface area contributed by atoms with E-state index in [4.69, 9.17) is 4.74 Å². The normalized spacial score (nSPS) is 13.2. The molecule has 0 amide bonds. The summed E-state index contributed by atoms with van der Waals surface area (Å²) in [7, 11) is 4.17. The van der Waals surface area contributed by atoms with Crippen LogP contribution in [0.1, 0.15) is 71.6 Å². The van der Waals surface area contributed by atoms with Gasteiger partial charge in [-0.2, -0.15) is 0 Å². The largest absolute Gasteiger partial charge is 0.363 e. The monoisotopic (exact) mass is 243 g/mol. The molecule has 1 unspecified atom stereocenters. The van der Waals surface area contributed by atoms with Gasteiger partial charge in [-0.1, -0.05) is 58.8 Å². The van der Waals surface area contributed by atoms with E-state index in [0.29, 0.717) is 6.23 Å². The number of unbranched alkanes of at least 4 members (excludes halogenated alkanes) is 7. The fourth-order valence-corrected chi connectivity index (χ4v) is 2.09. The van der Waals surface area contributed by atoms with Gasteiger partial charge in [-0.25, -0.2) is 0 Å². The van der Waals surface area contributed by atoms with Crippen molar-refractivity contribution in [2.75, 3.05) is 20.7 Å². The molecule has 0 rings (SSSR count). The van der Waals surface area contributed by atoms with Crippen LogP contribution in [-0.4, -0.2) is 31.8 Å². The van der Waals surface area contributed by atoms with E-state index in [2.05, 4.69) is 32.8 Å². The van der Waals surface area contributed by atoms with Crippen molar-refractivity contribution in [2.24, 2.45) is 0 Å². The molecule has 0 saturated carbocycles. The molecule has 0 aliphatic heterocycles. The Morgan fingerprint density at radius 3 is 1.82 bits per heavy atom. The van der Waals surface area contributed by atoms with Gasteiger partial charge in [0.15, 0.2) is 0 Å². The third kappa shape index (κ3) is 10.8. The molecule has 0 fully saturated rings. The zero-order valence-corrected chi connectivity index (χ0v) is 12.5. The molecule has 17 heavy (non-hydrogen) atoms. The Morgan fingerprint density at radius 2 is 1.35 bits per heavy atom. The van der Waals surface area contributed by atoms with Crippen molar-refractivity contribution < 1.29 is 4.74 Å². The van der Waals surface area contributed by atoms with Gasteiger partial charge in [0.05, 0.1) is 0 Å². The fraction of sp³-hybridized carbons (Fsp3) is 1.00. The molecule has 1 atom stereocenters. The summed E-state index contributed by atoms with van der Waals surface area (Å²) < 4.78 is 5.82. The van der Waals surface area contributed by atoms with Crippen LogP contribution in [0, 0.1) is 0 Å². The summed E-state index contributed by atoms with van der Waals surface area (Å²) in [5.41, 5.74) is 0. The smallest absolute Gasteiger partial charge is 0.109 e. The Kier molecular flexibility index (Phi) is 12.3. The summed E-state index contributed by atoms with van der Waals surface area (Å²) in [5, 5.41) is 0. The van der Waals surface area contributed by atoms with Gasteiger partial charge in [0.2, 0.25) is 0 Å². The van der Waals surface area contributed by atoms with Gasteiger partial charge in [-0.3, -0.25) is 4.90 Å². The zero-order chi connectivity index (χ0) is 12.9. The van der Waals surface area contributed by atoms with Crippen LogP contribution >= 0.6 is 0 Å². The van der Waals surface area contributed by atoms with Crippen LogP contribution in [0.5, 0.6) is 0 Å². The van der Waals surface area contributed by atoms with E-state index in [1.807, 2.05) is 0 Å². The molecule has 2 heteroatoms. The first kappa shape index (κ1) is 16.9. The summed E-state index contributed by atoms with van der Waals surface area (Å²) in [5.74, 6) is 0. The van der Waals surface area contributed by atoms with Crippen molar-refractivity contribution in [2.45, 2.75) is 77.9 Å². The zero-order valence-electron chi connectivity index (χ0n) is 12.5. The third-order valence-corrected chi connectivity index (χ3v) is 3.23. The first-order chi connectivity index (χ1) is 8.22. The van der Waals surface area contributed by atoms with Crippen LogP contribution in [0.4, 0.5) is 0 Å². The maximum Gasteiger partial charge on any atom is 0.109 e. The van der Waals surface area contributed by atoms with Crippen molar-refractivity contribution in [1.82, 2.24) is 4.90 Å². The molecule has 0 saturated heterocycles. The van der Waals surface area contributed by atoms with E-state index >= 15 is 0 Å². The standard InChI is InChI=1S/C15H33NO/c1-5-7-8-9-10-11-12-13-14-17-15(6-2)16(3)4/h15H,5-14H2,1-4H3. The predicted octanol–water partition coefficient (Wildman–Crippen LogP) is 4.44. The number of hydrogen-bond acceptors (Lipinski definition) is 2. The average Bonchev–Trinajstić information content (AvgIpc) is 2.31. The highest BCUT2D eigenvalue weighted by molar-refractivity contribution is 4.51. The first-order valence-electron chi connectivity index (χ1n) is 7.50. The number of ether oxygens (including phenoxy) is 1. The van der Waals surface area contributed by atoms with E-state index in [-0.39, 0.29) is 0 Å². The van der Waals surface area contributed by atoms with Crippen LogP contribution < -0.4 is 0 Å². The molecule has 0 aliphatic carbocycles. The molecular weight excluding hydrogens is 210 g/mol. The maximum absolute atomic E-state index is 5.82. The lowest BCUT2D eigenvalue weighted by molar-refractivity contribution is -0.0391. The summed E-state index contributed by atoms with van der Waals surface area (Å²) in [4.78, 5) is 2.16. The third-order valence-electron chi connectivity index (χ3n) is 3.23. The SMILES string of the molecule is CCCCCCCCCCOC(CC)N(C)C. The van der Waals surface area contributed by atoms with Crippen molar-refractivity contribution in [3.8, 4) is 0 Å². The molecule has 0 N–H and O–H groups in total. The van der Waals surface area contributed by atoms with E-state index in [1.54, 1.807) is 0 Å². The lowest BCUT2D eigenvalue weighted by Crippen LogP contribution is -2.30. The second-order valence-electron chi connectivity index (χ2n) is 5.17. The summed E-state index contributed by atoms with van der Waals surface area (Å²) >= 11 is 0. The number of nitrogens with zero attached hydrogens (tertiary/aromatic N) is 1. The Labute approximate surface area is 109 Å². The first-order valence-corrected chi connectivity index (χ1v) is 7.50. The quantitative estimate of drug-likeness (QED) is 0.371. The molecule has 0 bridgehead atoms. The highest BCUT2D eigenvalue weighted by Gasteiger charge is 2.07. The van der Waals surface area contributed by atoms with Crippen LogP contribution in [0.25, 0.3) is 0 Å². The van der Waals surface area contributed by atoms with E-state index in [0.717, 1.165) is 13.0 Å². The van der Waals surface area contributed by atoms with Crippen LogP contribution in [0.3, 0.4) is 0 Å². The topological polar surface area (TPSA) is 12.5 Å². The number of hydrogen-bond donors (Lipinski definition) is 0. The van der Waals surface area contributed by atoms with E-state index in [1.165, 1.54) is 51.4 Å². The minimum Gasteiger partial charge on any atom is -0.363 e. The van der Waals surface area contributed by atoms with Gasteiger partial charge in [-0.15, -0.1) is 0 Å². The molecule has 0 aromatic heterocycles. The highest BCUT2D eigenvalue weighted by Crippen LogP contribution is 2.09. The van der Waals surface area contributed by atoms with Crippen LogP contribution in [-0.2, 0) is 4.74 Å². The lowest BCUT2D eigenvalue weighted by Gasteiger charge is -2.23. The molecule has 2 nitrogen and oxygen atoms in total. The van der Waals surface area contributed by atoms with Crippen molar-refractivity contribution in [1.29, 1.82) is 0 Å². The fourth-order valence-electron chi connectivity index (χ4n) is 2.09. The van der Waals surface area contributed by atoms with Gasteiger partial charge >= 0.3 is 0 Å². The molecular formula is C15H33NO. The molecule has 0 radical (unpaired) electrons. The van der Waals surface area contributed by atoms with Crippen molar-refractivity contribution in [3.63, 3.8) is 0 Å². The van der Waals surface area contributed by atoms with Crippen LogP contribution in [0.2, 0.25) is 0 Å². The van der Waals surface area contributed by atoms with Gasteiger partial charge in [0.1, 0.15) is 6.23 Å². The van der Waals surface area contributed by atoms with E-state index < -0.39 is 0 Å². The highest BCUT2D eigenvalue weighted by atomic mass is 16.5. The number of rotatable bonds is 12. The van der Waals surface area contributed by atoms with Crippen molar-refractivity contribution >= 4 is 0 Å². The molecule has 104 valence electrons. The Morgan fingerprint density at radius 1 is 0.824 bits per heavy atom. The van der Waals surface area contributed by atoms with Gasteiger partial charge < -0.3 is 4.74 Å². The minimum atomic E-state index is 0.305. The van der Waals surface area contributed by atoms with Gasteiger partial charge in [-0.05, 0) is 26.9 Å². The Bertz CT molecular complexity index is 148. The predicted molar refractivity (Wildman–Crippen MR) is 76.3 cm³/mol. The van der Waals surface area contributed by atoms with E-state index in [9.17, 15) is 0 Å². The molecule has 0 aromatic carbocycles. The minimum absolute atomic E-state index is 0.305. The van der Waals surface area contributed by atoms with Gasteiger partial charge in [0.25, 0.3) is 0 Å². The second-order valence-corrected chi connectivity index (χ2v) is 5.17. The summed E-state index contributed by atoms with van der Waals surface area (Å²) in [6, 6.07) is 0. The molecule has 0 aliphatic rings. The average molecular weight is 243 g/mol. The maximum atomic E-state index is 5.82. The summed E-state index contributed by atoms with van der Waals surface area (Å²) in [6.45, 7) is 5.37. The van der Waals surface area contributed by atoms with Gasteiger partial charge in [0, 0.05) is 6.61 Å². The Balaban J connectivity index is 3.17. The van der Waals surface area contributed by atoms with Crippen LogP contribution in [0.15, 0.2) is 0 Å². The van der Waals surface area contributed by atoms with Crippen molar-refractivity contribution in [3.05, 3.63) is 0 Å². The molecule has 0 heterocycles. The second kappa shape index (κ2) is 12.4. The molecule has 0 spiro atoms. The Hall–Kier alpha value is -0.0800. The summed E-state index contributed by atoms with van der Waals surface area (Å²) in [6.07, 6.45) is 12.3.